The van der Waals surface area contributed by atoms with E-state index < -0.39 is 0 Å². The lowest BCUT2D eigenvalue weighted by Gasteiger charge is -2.10. The highest BCUT2D eigenvalue weighted by Gasteiger charge is 2.08. The lowest BCUT2D eigenvalue weighted by atomic mass is 10.1. The summed E-state index contributed by atoms with van der Waals surface area (Å²) >= 11 is 0. The predicted molar refractivity (Wildman–Crippen MR) is 68.7 cm³/mol. The molecule has 0 aliphatic heterocycles. The largest absolute Gasteiger partial charge is 0.493 e. The molecule has 0 amide bonds. The highest BCUT2D eigenvalue weighted by Crippen LogP contribution is 2.32. The van der Waals surface area contributed by atoms with Crippen molar-refractivity contribution in [3.05, 3.63) is 36.0 Å². The van der Waals surface area contributed by atoms with Crippen molar-refractivity contribution >= 4 is 0 Å². The molecule has 0 aliphatic carbocycles. The summed E-state index contributed by atoms with van der Waals surface area (Å²) < 4.78 is 12.7. The summed E-state index contributed by atoms with van der Waals surface area (Å²) in [5.41, 5.74) is 3.52. The normalized spacial score (nSPS) is 10.4. The standard InChI is InChI=1S/C14H17NO2/c1-10-5-7-12(15(10)2)11-6-8-13(16-3)14(9-11)17-4/h5-9H,1-4H3. The number of rotatable bonds is 3. The molecular weight excluding hydrogens is 214 g/mol. The van der Waals surface area contributed by atoms with Crippen LogP contribution in [0.4, 0.5) is 0 Å². The number of ether oxygens (including phenoxy) is 2. The SMILES string of the molecule is COc1ccc(-c2ccc(C)n2C)cc1OC. The minimum absolute atomic E-state index is 0.752. The lowest BCUT2D eigenvalue weighted by molar-refractivity contribution is 0.355. The fourth-order valence-electron chi connectivity index (χ4n) is 1.90. The second kappa shape index (κ2) is 4.53. The van der Waals surface area contributed by atoms with Crippen LogP contribution in [0.2, 0.25) is 0 Å². The Bertz CT molecular complexity index is 529. The van der Waals surface area contributed by atoms with Gasteiger partial charge in [-0.25, -0.2) is 0 Å². The Morgan fingerprint density at radius 1 is 0.941 bits per heavy atom. The average Bonchev–Trinajstić information content (AvgIpc) is 2.69. The van der Waals surface area contributed by atoms with Crippen LogP contribution in [0.5, 0.6) is 11.5 Å². The average molecular weight is 231 g/mol. The van der Waals surface area contributed by atoms with Crippen molar-refractivity contribution in [2.75, 3.05) is 14.2 Å². The Labute approximate surface area is 102 Å². The van der Waals surface area contributed by atoms with Crippen LogP contribution < -0.4 is 9.47 Å². The zero-order valence-electron chi connectivity index (χ0n) is 10.7. The van der Waals surface area contributed by atoms with Gasteiger partial charge in [-0.2, -0.15) is 0 Å². The van der Waals surface area contributed by atoms with Crippen LogP contribution in [0.25, 0.3) is 11.3 Å². The molecule has 2 rings (SSSR count). The molecule has 17 heavy (non-hydrogen) atoms. The van der Waals surface area contributed by atoms with Crippen LogP contribution in [0.15, 0.2) is 30.3 Å². The number of hydrogen-bond acceptors (Lipinski definition) is 2. The molecule has 0 unspecified atom stereocenters. The van der Waals surface area contributed by atoms with Crippen molar-refractivity contribution in [2.24, 2.45) is 7.05 Å². The maximum atomic E-state index is 5.31. The maximum absolute atomic E-state index is 5.31. The van der Waals surface area contributed by atoms with Crippen LogP contribution in [-0.2, 0) is 7.05 Å². The van der Waals surface area contributed by atoms with Gasteiger partial charge < -0.3 is 14.0 Å². The summed E-state index contributed by atoms with van der Waals surface area (Å²) in [5.74, 6) is 1.51. The molecule has 0 bridgehead atoms. The van der Waals surface area contributed by atoms with Gasteiger partial charge in [0, 0.05) is 24.0 Å². The van der Waals surface area contributed by atoms with E-state index in [0.29, 0.717) is 0 Å². The zero-order valence-corrected chi connectivity index (χ0v) is 10.7. The molecule has 1 aromatic heterocycles. The van der Waals surface area contributed by atoms with Crippen molar-refractivity contribution in [3.8, 4) is 22.8 Å². The third kappa shape index (κ3) is 2.00. The molecule has 0 spiro atoms. The molecule has 0 fully saturated rings. The van der Waals surface area contributed by atoms with Gasteiger partial charge in [0.15, 0.2) is 11.5 Å². The molecule has 90 valence electrons. The number of nitrogens with zero attached hydrogens (tertiary/aromatic N) is 1. The highest BCUT2D eigenvalue weighted by molar-refractivity contribution is 5.65. The molecular formula is C14H17NO2. The van der Waals surface area contributed by atoms with Gasteiger partial charge in [0.2, 0.25) is 0 Å². The number of methoxy groups -OCH3 is 2. The van der Waals surface area contributed by atoms with Gasteiger partial charge in [-0.15, -0.1) is 0 Å². The Balaban J connectivity index is 2.50. The first-order valence-electron chi connectivity index (χ1n) is 5.52. The monoisotopic (exact) mass is 231 g/mol. The second-order valence-electron chi connectivity index (χ2n) is 3.99. The van der Waals surface area contributed by atoms with E-state index >= 15 is 0 Å². The smallest absolute Gasteiger partial charge is 0.161 e. The Kier molecular flexibility index (Phi) is 3.09. The quantitative estimate of drug-likeness (QED) is 0.810. The summed E-state index contributed by atoms with van der Waals surface area (Å²) in [5, 5.41) is 0. The Hall–Kier alpha value is -1.90. The van der Waals surface area contributed by atoms with Crippen LogP contribution in [0.3, 0.4) is 0 Å². The molecule has 0 radical (unpaired) electrons. The molecule has 2 aromatic rings. The van der Waals surface area contributed by atoms with Crippen LogP contribution in [0.1, 0.15) is 5.69 Å². The third-order valence-corrected chi connectivity index (χ3v) is 3.05. The van der Waals surface area contributed by atoms with E-state index in [1.54, 1.807) is 14.2 Å². The second-order valence-corrected chi connectivity index (χ2v) is 3.99. The third-order valence-electron chi connectivity index (χ3n) is 3.05. The summed E-state index contributed by atoms with van der Waals surface area (Å²) in [6.07, 6.45) is 0. The van der Waals surface area contributed by atoms with Gasteiger partial charge in [-0.05, 0) is 37.3 Å². The van der Waals surface area contributed by atoms with Crippen LogP contribution in [-0.4, -0.2) is 18.8 Å². The number of aryl methyl sites for hydroxylation is 1. The van der Waals surface area contributed by atoms with E-state index in [4.69, 9.17) is 9.47 Å². The van der Waals surface area contributed by atoms with Gasteiger partial charge >= 0.3 is 0 Å². The van der Waals surface area contributed by atoms with Crippen molar-refractivity contribution in [1.29, 1.82) is 0 Å². The van der Waals surface area contributed by atoms with Crippen LogP contribution >= 0.6 is 0 Å². The first kappa shape index (κ1) is 11.6. The number of hydrogen-bond donors (Lipinski definition) is 0. The molecule has 3 heteroatoms. The van der Waals surface area contributed by atoms with Crippen molar-refractivity contribution in [2.45, 2.75) is 6.92 Å². The Morgan fingerprint density at radius 2 is 1.65 bits per heavy atom. The molecule has 0 aliphatic rings. The van der Waals surface area contributed by atoms with Gasteiger partial charge in [0.05, 0.1) is 14.2 Å². The Morgan fingerprint density at radius 3 is 2.18 bits per heavy atom. The topological polar surface area (TPSA) is 23.4 Å². The highest BCUT2D eigenvalue weighted by atomic mass is 16.5. The molecule has 0 saturated heterocycles. The van der Waals surface area contributed by atoms with Gasteiger partial charge in [0.1, 0.15) is 0 Å². The molecule has 0 atom stereocenters. The number of benzene rings is 1. The van der Waals surface area contributed by atoms with Crippen molar-refractivity contribution in [1.82, 2.24) is 4.57 Å². The van der Waals surface area contributed by atoms with Gasteiger partial charge in [-0.1, -0.05) is 0 Å². The minimum atomic E-state index is 0.752. The van der Waals surface area contributed by atoms with E-state index in [0.717, 1.165) is 17.1 Å². The minimum Gasteiger partial charge on any atom is -0.493 e. The van der Waals surface area contributed by atoms with Crippen molar-refractivity contribution in [3.63, 3.8) is 0 Å². The van der Waals surface area contributed by atoms with E-state index in [-0.39, 0.29) is 0 Å². The van der Waals surface area contributed by atoms with E-state index in [1.807, 2.05) is 18.2 Å². The molecule has 0 N–H and O–H groups in total. The molecule has 3 nitrogen and oxygen atoms in total. The predicted octanol–water partition coefficient (Wildman–Crippen LogP) is 3.02. The first-order chi connectivity index (χ1) is 8.17. The lowest BCUT2D eigenvalue weighted by Crippen LogP contribution is -1.95. The first-order valence-corrected chi connectivity index (χ1v) is 5.52. The fourth-order valence-corrected chi connectivity index (χ4v) is 1.90. The molecule has 1 heterocycles. The molecule has 0 saturated carbocycles. The van der Waals surface area contributed by atoms with Gasteiger partial charge in [-0.3, -0.25) is 0 Å². The van der Waals surface area contributed by atoms with Crippen molar-refractivity contribution < 1.29 is 9.47 Å². The fraction of sp³-hybridized carbons (Fsp3) is 0.286. The zero-order chi connectivity index (χ0) is 12.4. The summed E-state index contributed by atoms with van der Waals surface area (Å²) in [7, 11) is 5.35. The summed E-state index contributed by atoms with van der Waals surface area (Å²) in [6, 6.07) is 10.2. The summed E-state index contributed by atoms with van der Waals surface area (Å²) in [6.45, 7) is 2.09. The van der Waals surface area contributed by atoms with E-state index in [1.165, 1.54) is 11.4 Å². The van der Waals surface area contributed by atoms with E-state index in [9.17, 15) is 0 Å². The number of aromatic nitrogens is 1. The van der Waals surface area contributed by atoms with Gasteiger partial charge in [0.25, 0.3) is 0 Å². The van der Waals surface area contributed by atoms with E-state index in [2.05, 4.69) is 30.7 Å². The summed E-state index contributed by atoms with van der Waals surface area (Å²) in [4.78, 5) is 0. The molecule has 1 aromatic carbocycles. The maximum Gasteiger partial charge on any atom is 0.161 e. The van der Waals surface area contributed by atoms with Crippen LogP contribution in [0, 0.1) is 6.92 Å².